The van der Waals surface area contributed by atoms with Gasteiger partial charge in [-0.25, -0.2) is 0 Å². The Balaban J connectivity index is 2.72. The van der Waals surface area contributed by atoms with E-state index in [0.29, 0.717) is 11.4 Å². The summed E-state index contributed by atoms with van der Waals surface area (Å²) < 4.78 is 0. The molecule has 1 aromatic rings. The van der Waals surface area contributed by atoms with Crippen LogP contribution < -0.4 is 0 Å². The molecule has 0 bridgehead atoms. The molecule has 0 saturated carbocycles. The van der Waals surface area contributed by atoms with Crippen molar-refractivity contribution in [2.75, 3.05) is 27.2 Å². The van der Waals surface area contributed by atoms with Crippen molar-refractivity contribution in [3.63, 3.8) is 0 Å². The van der Waals surface area contributed by atoms with E-state index in [4.69, 9.17) is 0 Å². The number of amides is 2. The number of nitrogens with zero attached hydrogens (tertiary/aromatic N) is 2. The molecule has 0 radical (unpaired) electrons. The maximum absolute atomic E-state index is 12.1. The Morgan fingerprint density at radius 1 is 1.35 bits per heavy atom. The van der Waals surface area contributed by atoms with Gasteiger partial charge in [-0.3, -0.25) is 9.59 Å². The van der Waals surface area contributed by atoms with Gasteiger partial charge in [-0.15, -0.1) is 11.3 Å². The predicted molar refractivity (Wildman–Crippen MR) is 69.2 cm³/mol. The van der Waals surface area contributed by atoms with Crippen LogP contribution in [0.15, 0.2) is 17.5 Å². The molecule has 1 rings (SSSR count). The van der Waals surface area contributed by atoms with Gasteiger partial charge in [0.1, 0.15) is 6.54 Å². The minimum Gasteiger partial charge on any atom is -0.347 e. The van der Waals surface area contributed by atoms with Crippen molar-refractivity contribution in [1.29, 1.82) is 0 Å². The van der Waals surface area contributed by atoms with Crippen LogP contribution in [-0.4, -0.2) is 48.8 Å². The Morgan fingerprint density at radius 2 is 2.06 bits per heavy atom. The van der Waals surface area contributed by atoms with Gasteiger partial charge in [-0.2, -0.15) is 0 Å². The van der Waals surface area contributed by atoms with Crippen LogP contribution in [0, 0.1) is 0 Å². The van der Waals surface area contributed by atoms with Gasteiger partial charge in [0.2, 0.25) is 5.91 Å². The summed E-state index contributed by atoms with van der Waals surface area (Å²) in [7, 11) is 3.39. The number of carbonyl (C=O) groups excluding carboxylic acids is 2. The molecule has 0 fully saturated rings. The highest BCUT2D eigenvalue weighted by Gasteiger charge is 2.19. The third-order valence-electron chi connectivity index (χ3n) is 2.34. The van der Waals surface area contributed by atoms with Gasteiger partial charge in [0.25, 0.3) is 5.91 Å². The summed E-state index contributed by atoms with van der Waals surface area (Å²) >= 11 is 1.40. The summed E-state index contributed by atoms with van der Waals surface area (Å²) in [4.78, 5) is 27.6. The lowest BCUT2D eigenvalue weighted by atomic mass is 10.3. The second-order valence-corrected chi connectivity index (χ2v) is 4.94. The summed E-state index contributed by atoms with van der Waals surface area (Å²) in [5, 5.41) is 1.87. The van der Waals surface area contributed by atoms with Crippen molar-refractivity contribution in [3.8, 4) is 0 Å². The topological polar surface area (TPSA) is 40.6 Å². The van der Waals surface area contributed by atoms with Crippen LogP contribution in [0.4, 0.5) is 0 Å². The lowest BCUT2D eigenvalue weighted by Gasteiger charge is -2.22. The summed E-state index contributed by atoms with van der Waals surface area (Å²) in [5.74, 6) is -0.111. The molecule has 0 aliphatic rings. The number of hydrogen-bond acceptors (Lipinski definition) is 3. The van der Waals surface area contributed by atoms with Crippen molar-refractivity contribution in [2.45, 2.75) is 13.3 Å². The minimum atomic E-state index is -0.0583. The number of carbonyl (C=O) groups is 2. The molecule has 0 aromatic carbocycles. The first-order valence-electron chi connectivity index (χ1n) is 5.59. The lowest BCUT2D eigenvalue weighted by Crippen LogP contribution is -2.40. The zero-order chi connectivity index (χ0) is 12.8. The molecule has 4 nitrogen and oxygen atoms in total. The third kappa shape index (κ3) is 3.85. The lowest BCUT2D eigenvalue weighted by molar-refractivity contribution is -0.129. The molecule has 5 heteroatoms. The van der Waals surface area contributed by atoms with Gasteiger partial charge in [-0.05, 0) is 17.9 Å². The first-order valence-corrected chi connectivity index (χ1v) is 6.47. The van der Waals surface area contributed by atoms with E-state index in [1.807, 2.05) is 18.4 Å². The van der Waals surface area contributed by atoms with E-state index < -0.39 is 0 Å². The molecule has 2 amide bonds. The minimum absolute atomic E-state index is 0.0524. The van der Waals surface area contributed by atoms with Crippen LogP contribution in [0.1, 0.15) is 23.0 Å². The Kier molecular flexibility index (Phi) is 5.15. The Labute approximate surface area is 106 Å². The van der Waals surface area contributed by atoms with Gasteiger partial charge in [0.15, 0.2) is 0 Å². The monoisotopic (exact) mass is 254 g/mol. The van der Waals surface area contributed by atoms with Gasteiger partial charge in [0.05, 0.1) is 4.88 Å². The first-order chi connectivity index (χ1) is 8.06. The van der Waals surface area contributed by atoms with E-state index in [1.54, 1.807) is 25.1 Å². The first kappa shape index (κ1) is 13.7. The van der Waals surface area contributed by atoms with Crippen LogP contribution in [0.3, 0.4) is 0 Å². The van der Waals surface area contributed by atoms with E-state index in [0.717, 1.165) is 6.42 Å². The molecular formula is C12H18N2O2S. The summed E-state index contributed by atoms with van der Waals surface area (Å²) in [6, 6.07) is 3.63. The standard InChI is InChI=1S/C12H18N2O2S/c1-4-7-14(9-11(15)13(2)3)12(16)10-6-5-8-17-10/h5-6,8H,4,7,9H2,1-3H3. The average Bonchev–Trinajstić information content (AvgIpc) is 2.80. The highest BCUT2D eigenvalue weighted by atomic mass is 32.1. The third-order valence-corrected chi connectivity index (χ3v) is 3.20. The summed E-state index contributed by atoms with van der Waals surface area (Å²) in [6.45, 7) is 2.75. The van der Waals surface area contributed by atoms with Crippen LogP contribution in [0.2, 0.25) is 0 Å². The second kappa shape index (κ2) is 6.39. The van der Waals surface area contributed by atoms with Gasteiger partial charge in [-0.1, -0.05) is 13.0 Å². The highest BCUT2D eigenvalue weighted by molar-refractivity contribution is 7.12. The van der Waals surface area contributed by atoms with Crippen molar-refractivity contribution in [2.24, 2.45) is 0 Å². The molecule has 94 valence electrons. The molecular weight excluding hydrogens is 236 g/mol. The number of rotatable bonds is 5. The van der Waals surface area contributed by atoms with Crippen molar-refractivity contribution in [1.82, 2.24) is 9.80 Å². The van der Waals surface area contributed by atoms with Crippen molar-refractivity contribution in [3.05, 3.63) is 22.4 Å². The van der Waals surface area contributed by atoms with Crippen LogP contribution in [0.25, 0.3) is 0 Å². The SMILES string of the molecule is CCCN(CC(=O)N(C)C)C(=O)c1cccs1. The molecule has 0 saturated heterocycles. The number of likely N-dealkylation sites (N-methyl/N-ethyl adjacent to an activating group) is 1. The molecule has 0 atom stereocenters. The van der Waals surface area contributed by atoms with Gasteiger partial charge >= 0.3 is 0 Å². The van der Waals surface area contributed by atoms with E-state index >= 15 is 0 Å². The van der Waals surface area contributed by atoms with Gasteiger partial charge in [0, 0.05) is 20.6 Å². The molecule has 17 heavy (non-hydrogen) atoms. The Hall–Kier alpha value is -1.36. The fourth-order valence-corrected chi connectivity index (χ4v) is 2.07. The van der Waals surface area contributed by atoms with Crippen molar-refractivity contribution < 1.29 is 9.59 Å². The maximum Gasteiger partial charge on any atom is 0.264 e. The average molecular weight is 254 g/mol. The van der Waals surface area contributed by atoms with E-state index in [9.17, 15) is 9.59 Å². The van der Waals surface area contributed by atoms with Crippen LogP contribution >= 0.6 is 11.3 Å². The van der Waals surface area contributed by atoms with E-state index in [-0.39, 0.29) is 18.4 Å². The normalized spacial score (nSPS) is 10.1. The number of hydrogen-bond donors (Lipinski definition) is 0. The predicted octanol–water partition coefficient (Wildman–Crippen LogP) is 1.69. The maximum atomic E-state index is 12.1. The number of thiophene rings is 1. The fraction of sp³-hybridized carbons (Fsp3) is 0.500. The van der Waals surface area contributed by atoms with Gasteiger partial charge < -0.3 is 9.80 Å². The Morgan fingerprint density at radius 3 is 2.53 bits per heavy atom. The quantitative estimate of drug-likeness (QED) is 0.802. The molecule has 0 aliphatic carbocycles. The summed E-state index contributed by atoms with van der Waals surface area (Å²) in [6.07, 6.45) is 0.845. The van der Waals surface area contributed by atoms with Crippen LogP contribution in [-0.2, 0) is 4.79 Å². The molecule has 0 N–H and O–H groups in total. The molecule has 1 aromatic heterocycles. The zero-order valence-corrected chi connectivity index (χ0v) is 11.3. The summed E-state index contributed by atoms with van der Waals surface area (Å²) in [5.41, 5.74) is 0. The smallest absolute Gasteiger partial charge is 0.264 e. The molecule has 0 aliphatic heterocycles. The fourth-order valence-electron chi connectivity index (χ4n) is 1.38. The second-order valence-electron chi connectivity index (χ2n) is 3.99. The molecule has 0 unspecified atom stereocenters. The van der Waals surface area contributed by atoms with Crippen LogP contribution in [0.5, 0.6) is 0 Å². The Bertz CT molecular complexity index is 374. The molecule has 0 spiro atoms. The highest BCUT2D eigenvalue weighted by Crippen LogP contribution is 2.12. The van der Waals surface area contributed by atoms with Crippen molar-refractivity contribution >= 4 is 23.2 Å². The van der Waals surface area contributed by atoms with E-state index in [2.05, 4.69) is 0 Å². The zero-order valence-electron chi connectivity index (χ0n) is 10.5. The molecule has 1 heterocycles. The largest absolute Gasteiger partial charge is 0.347 e. The van der Waals surface area contributed by atoms with E-state index in [1.165, 1.54) is 16.2 Å².